The highest BCUT2D eigenvalue weighted by atomic mass is 15.2. The zero-order valence-corrected chi connectivity index (χ0v) is 8.57. The molecule has 0 radical (unpaired) electrons. The summed E-state index contributed by atoms with van der Waals surface area (Å²) in [6.07, 6.45) is 0. The fraction of sp³-hybridized carbons (Fsp3) is 1.00. The molecule has 0 unspecified atom stereocenters. The molecule has 68 valence electrons. The lowest BCUT2D eigenvalue weighted by Gasteiger charge is -2.34. The summed E-state index contributed by atoms with van der Waals surface area (Å²) in [6, 6.07) is 0. The van der Waals surface area contributed by atoms with Crippen LogP contribution in [0.4, 0.5) is 0 Å². The van der Waals surface area contributed by atoms with Gasteiger partial charge in [0.15, 0.2) is 0 Å². The summed E-state index contributed by atoms with van der Waals surface area (Å²) in [5.41, 5.74) is 0.311. The lowest BCUT2D eigenvalue weighted by Crippen LogP contribution is -2.44. The SMILES string of the molecule is CCN(CCNC)C(C)(C)C. The van der Waals surface area contributed by atoms with Gasteiger partial charge in [-0.2, -0.15) is 0 Å². The maximum atomic E-state index is 3.16. The average molecular weight is 158 g/mol. The largest absolute Gasteiger partial charge is 0.318 e. The molecule has 0 saturated heterocycles. The highest BCUT2D eigenvalue weighted by molar-refractivity contribution is 4.75. The van der Waals surface area contributed by atoms with Gasteiger partial charge in [-0.1, -0.05) is 6.92 Å². The summed E-state index contributed by atoms with van der Waals surface area (Å²) < 4.78 is 0. The van der Waals surface area contributed by atoms with Gasteiger partial charge in [-0.05, 0) is 34.4 Å². The molecular weight excluding hydrogens is 136 g/mol. The van der Waals surface area contributed by atoms with Gasteiger partial charge < -0.3 is 5.32 Å². The number of rotatable bonds is 4. The standard InChI is InChI=1S/C9H22N2/c1-6-11(8-7-10-5)9(2,3)4/h10H,6-8H2,1-5H3. The molecule has 0 saturated carbocycles. The Bertz CT molecular complexity index is 94.2. The van der Waals surface area contributed by atoms with Crippen LogP contribution in [-0.4, -0.2) is 37.1 Å². The molecule has 0 aliphatic carbocycles. The van der Waals surface area contributed by atoms with Gasteiger partial charge in [-0.15, -0.1) is 0 Å². The molecule has 0 bridgehead atoms. The summed E-state index contributed by atoms with van der Waals surface area (Å²) in [4.78, 5) is 2.46. The molecule has 0 atom stereocenters. The number of hydrogen-bond acceptors (Lipinski definition) is 2. The molecule has 0 fully saturated rings. The molecule has 0 heterocycles. The minimum absolute atomic E-state index is 0.311. The van der Waals surface area contributed by atoms with E-state index in [1.807, 2.05) is 7.05 Å². The van der Waals surface area contributed by atoms with Crippen molar-refractivity contribution in [2.75, 3.05) is 26.7 Å². The van der Waals surface area contributed by atoms with Gasteiger partial charge in [0.1, 0.15) is 0 Å². The van der Waals surface area contributed by atoms with Crippen LogP contribution in [0.5, 0.6) is 0 Å². The first-order chi connectivity index (χ1) is 5.02. The molecule has 0 aliphatic rings. The Balaban J connectivity index is 3.76. The van der Waals surface area contributed by atoms with Crippen LogP contribution < -0.4 is 5.32 Å². The molecule has 0 aromatic rings. The van der Waals surface area contributed by atoms with Crippen molar-refractivity contribution in [3.8, 4) is 0 Å². The van der Waals surface area contributed by atoms with Crippen molar-refractivity contribution in [1.29, 1.82) is 0 Å². The molecule has 1 N–H and O–H groups in total. The van der Waals surface area contributed by atoms with Gasteiger partial charge in [0.2, 0.25) is 0 Å². The highest BCUT2D eigenvalue weighted by Crippen LogP contribution is 2.10. The molecule has 0 spiro atoms. The Morgan fingerprint density at radius 2 is 1.82 bits per heavy atom. The summed E-state index contributed by atoms with van der Waals surface area (Å²) in [6.45, 7) is 12.3. The van der Waals surface area contributed by atoms with E-state index >= 15 is 0 Å². The van der Waals surface area contributed by atoms with E-state index in [9.17, 15) is 0 Å². The van der Waals surface area contributed by atoms with Crippen molar-refractivity contribution < 1.29 is 0 Å². The van der Waals surface area contributed by atoms with Crippen LogP contribution in [0.1, 0.15) is 27.7 Å². The Kier molecular flexibility index (Phi) is 4.69. The van der Waals surface area contributed by atoms with Crippen LogP contribution in [0, 0.1) is 0 Å². The Labute approximate surface area is 71.0 Å². The van der Waals surface area contributed by atoms with E-state index in [0.717, 1.165) is 19.6 Å². The minimum atomic E-state index is 0.311. The average Bonchev–Trinajstić information content (AvgIpc) is 1.87. The second-order valence-electron chi connectivity index (χ2n) is 3.85. The van der Waals surface area contributed by atoms with E-state index in [0.29, 0.717) is 5.54 Å². The molecule has 2 heteroatoms. The normalized spacial score (nSPS) is 12.5. The van der Waals surface area contributed by atoms with Crippen LogP contribution in [0.15, 0.2) is 0 Å². The maximum absolute atomic E-state index is 3.16. The third-order valence-corrected chi connectivity index (χ3v) is 1.96. The van der Waals surface area contributed by atoms with Crippen molar-refractivity contribution in [2.24, 2.45) is 0 Å². The van der Waals surface area contributed by atoms with E-state index < -0.39 is 0 Å². The molecule has 0 aromatic carbocycles. The maximum Gasteiger partial charge on any atom is 0.0125 e. The third kappa shape index (κ3) is 4.38. The van der Waals surface area contributed by atoms with Crippen LogP contribution in [0.2, 0.25) is 0 Å². The van der Waals surface area contributed by atoms with Crippen LogP contribution in [0.25, 0.3) is 0 Å². The van der Waals surface area contributed by atoms with E-state index in [1.165, 1.54) is 0 Å². The smallest absolute Gasteiger partial charge is 0.0125 e. The van der Waals surface area contributed by atoms with E-state index in [-0.39, 0.29) is 0 Å². The zero-order chi connectivity index (χ0) is 8.91. The number of nitrogens with one attached hydrogen (secondary N) is 1. The Morgan fingerprint density at radius 3 is 2.09 bits per heavy atom. The lowest BCUT2D eigenvalue weighted by atomic mass is 10.1. The minimum Gasteiger partial charge on any atom is -0.318 e. The van der Waals surface area contributed by atoms with Crippen molar-refractivity contribution >= 4 is 0 Å². The monoisotopic (exact) mass is 158 g/mol. The van der Waals surface area contributed by atoms with Gasteiger partial charge in [0.05, 0.1) is 0 Å². The van der Waals surface area contributed by atoms with Crippen molar-refractivity contribution in [2.45, 2.75) is 33.2 Å². The second-order valence-corrected chi connectivity index (χ2v) is 3.85. The third-order valence-electron chi connectivity index (χ3n) is 1.96. The lowest BCUT2D eigenvalue weighted by molar-refractivity contribution is 0.147. The van der Waals surface area contributed by atoms with Crippen LogP contribution >= 0.6 is 0 Å². The molecule has 0 amide bonds. The zero-order valence-electron chi connectivity index (χ0n) is 8.57. The van der Waals surface area contributed by atoms with Crippen LogP contribution in [0.3, 0.4) is 0 Å². The quantitative estimate of drug-likeness (QED) is 0.664. The molecule has 0 aromatic heterocycles. The first-order valence-electron chi connectivity index (χ1n) is 4.42. The molecule has 2 nitrogen and oxygen atoms in total. The highest BCUT2D eigenvalue weighted by Gasteiger charge is 2.17. The van der Waals surface area contributed by atoms with E-state index in [2.05, 4.69) is 37.9 Å². The second kappa shape index (κ2) is 4.73. The van der Waals surface area contributed by atoms with E-state index in [4.69, 9.17) is 0 Å². The molecule has 11 heavy (non-hydrogen) atoms. The number of nitrogens with zero attached hydrogens (tertiary/aromatic N) is 1. The van der Waals surface area contributed by atoms with Gasteiger partial charge in [0, 0.05) is 18.6 Å². The number of hydrogen-bond donors (Lipinski definition) is 1. The van der Waals surface area contributed by atoms with Gasteiger partial charge in [-0.25, -0.2) is 0 Å². The Hall–Kier alpha value is -0.0800. The van der Waals surface area contributed by atoms with Crippen molar-refractivity contribution in [1.82, 2.24) is 10.2 Å². The molecular formula is C9H22N2. The summed E-state index contributed by atoms with van der Waals surface area (Å²) >= 11 is 0. The molecule has 0 rings (SSSR count). The Morgan fingerprint density at radius 1 is 1.27 bits per heavy atom. The van der Waals surface area contributed by atoms with Crippen molar-refractivity contribution in [3.05, 3.63) is 0 Å². The predicted octanol–water partition coefficient (Wildman–Crippen LogP) is 1.33. The van der Waals surface area contributed by atoms with Gasteiger partial charge in [-0.3, -0.25) is 4.90 Å². The first kappa shape index (κ1) is 10.9. The first-order valence-corrected chi connectivity index (χ1v) is 4.42. The fourth-order valence-electron chi connectivity index (χ4n) is 1.21. The predicted molar refractivity (Wildman–Crippen MR) is 50.9 cm³/mol. The summed E-state index contributed by atoms with van der Waals surface area (Å²) in [5, 5.41) is 3.16. The number of likely N-dealkylation sites (N-methyl/N-ethyl adjacent to an activating group) is 2. The fourth-order valence-corrected chi connectivity index (χ4v) is 1.21. The van der Waals surface area contributed by atoms with Gasteiger partial charge in [0.25, 0.3) is 0 Å². The van der Waals surface area contributed by atoms with Gasteiger partial charge >= 0.3 is 0 Å². The van der Waals surface area contributed by atoms with E-state index in [1.54, 1.807) is 0 Å². The van der Waals surface area contributed by atoms with Crippen LogP contribution in [-0.2, 0) is 0 Å². The topological polar surface area (TPSA) is 15.3 Å². The summed E-state index contributed by atoms with van der Waals surface area (Å²) in [5.74, 6) is 0. The molecule has 0 aliphatic heterocycles. The summed E-state index contributed by atoms with van der Waals surface area (Å²) in [7, 11) is 2.00. The van der Waals surface area contributed by atoms with Crippen molar-refractivity contribution in [3.63, 3.8) is 0 Å².